The Morgan fingerprint density at radius 1 is 1.30 bits per heavy atom. The number of aromatic nitrogens is 2. The Morgan fingerprint density at radius 2 is 2.00 bits per heavy atom. The second-order valence-electron chi connectivity index (χ2n) is 5.04. The number of benzene rings is 1. The largest absolute Gasteiger partial charge is 0.308 e. The van der Waals surface area contributed by atoms with Gasteiger partial charge in [0.15, 0.2) is 0 Å². The Bertz CT molecular complexity index is 536. The fraction of sp³-hybridized carbons (Fsp3) is 0.400. The van der Waals surface area contributed by atoms with Crippen LogP contribution >= 0.6 is 11.6 Å². The molecule has 0 aliphatic heterocycles. The van der Waals surface area contributed by atoms with E-state index in [1.54, 1.807) is 6.20 Å². The number of halogens is 1. The Hall–Kier alpha value is -1.36. The van der Waals surface area contributed by atoms with Crippen molar-refractivity contribution in [2.24, 2.45) is 0 Å². The van der Waals surface area contributed by atoms with Crippen molar-refractivity contribution in [2.75, 3.05) is 27.7 Å². The van der Waals surface area contributed by atoms with Crippen molar-refractivity contribution >= 4 is 11.6 Å². The van der Waals surface area contributed by atoms with Gasteiger partial charge in [0.2, 0.25) is 0 Å². The maximum Gasteiger partial charge on any atom is 0.0837 e. The van der Waals surface area contributed by atoms with Crippen molar-refractivity contribution in [3.8, 4) is 0 Å². The molecular weight excluding hydrogens is 272 g/mol. The molecule has 2 aromatic rings. The van der Waals surface area contributed by atoms with E-state index >= 15 is 0 Å². The van der Waals surface area contributed by atoms with Crippen LogP contribution in [0.2, 0.25) is 5.02 Å². The summed E-state index contributed by atoms with van der Waals surface area (Å²) in [6, 6.07) is 10.3. The summed E-state index contributed by atoms with van der Waals surface area (Å²) in [5.41, 5.74) is 2.20. The lowest BCUT2D eigenvalue weighted by atomic mass is 10.0. The number of hydrogen-bond acceptors (Lipinski definition) is 3. The van der Waals surface area contributed by atoms with Gasteiger partial charge in [-0.15, -0.1) is 0 Å². The van der Waals surface area contributed by atoms with Gasteiger partial charge in [-0.25, -0.2) is 0 Å². The van der Waals surface area contributed by atoms with Crippen molar-refractivity contribution in [3.63, 3.8) is 0 Å². The third kappa shape index (κ3) is 3.39. The van der Waals surface area contributed by atoms with Gasteiger partial charge in [0.1, 0.15) is 0 Å². The maximum absolute atomic E-state index is 6.35. The zero-order chi connectivity index (χ0) is 14.5. The summed E-state index contributed by atoms with van der Waals surface area (Å²) in [5.74, 6) is 0. The van der Waals surface area contributed by atoms with Crippen LogP contribution in [0.4, 0.5) is 0 Å². The lowest BCUT2D eigenvalue weighted by Gasteiger charge is -2.20. The number of likely N-dealkylation sites (N-methyl/N-ethyl adjacent to an activating group) is 1. The number of nitrogens with one attached hydrogen (secondary N) is 1. The monoisotopic (exact) mass is 292 g/mol. The van der Waals surface area contributed by atoms with E-state index < -0.39 is 0 Å². The van der Waals surface area contributed by atoms with Crippen LogP contribution in [0.1, 0.15) is 17.3 Å². The quantitative estimate of drug-likeness (QED) is 0.887. The van der Waals surface area contributed by atoms with E-state index in [2.05, 4.69) is 41.5 Å². The highest BCUT2D eigenvalue weighted by atomic mass is 35.5. The van der Waals surface area contributed by atoms with Crippen LogP contribution < -0.4 is 5.32 Å². The maximum atomic E-state index is 6.35. The summed E-state index contributed by atoms with van der Waals surface area (Å²) >= 11 is 6.35. The average Bonchev–Trinajstić information content (AvgIpc) is 2.80. The van der Waals surface area contributed by atoms with Crippen molar-refractivity contribution in [2.45, 2.75) is 12.6 Å². The topological polar surface area (TPSA) is 33.1 Å². The van der Waals surface area contributed by atoms with Crippen molar-refractivity contribution < 1.29 is 0 Å². The molecule has 0 saturated carbocycles. The molecule has 0 aliphatic rings. The van der Waals surface area contributed by atoms with Crippen LogP contribution in [0.3, 0.4) is 0 Å². The van der Waals surface area contributed by atoms with Crippen molar-refractivity contribution in [1.82, 2.24) is 20.0 Å². The van der Waals surface area contributed by atoms with Gasteiger partial charge in [-0.05, 0) is 26.7 Å². The molecule has 0 saturated heterocycles. The summed E-state index contributed by atoms with van der Waals surface area (Å²) in [7, 11) is 6.05. The Kier molecular flexibility index (Phi) is 5.17. The third-order valence-electron chi connectivity index (χ3n) is 3.29. The van der Waals surface area contributed by atoms with Crippen LogP contribution in [-0.2, 0) is 6.54 Å². The van der Waals surface area contributed by atoms with Crippen LogP contribution in [0.5, 0.6) is 0 Å². The average molecular weight is 293 g/mol. The predicted octanol–water partition coefficient (Wildman–Crippen LogP) is 2.41. The number of nitrogens with zero attached hydrogens (tertiary/aromatic N) is 3. The van der Waals surface area contributed by atoms with E-state index in [1.165, 1.54) is 5.56 Å². The van der Waals surface area contributed by atoms with Crippen LogP contribution in [0, 0.1) is 0 Å². The predicted molar refractivity (Wildman–Crippen MR) is 83.1 cm³/mol. The first-order chi connectivity index (χ1) is 9.63. The molecule has 1 heterocycles. The van der Waals surface area contributed by atoms with Crippen LogP contribution in [0.25, 0.3) is 0 Å². The minimum absolute atomic E-state index is 0.0494. The lowest BCUT2D eigenvalue weighted by molar-refractivity contribution is 0.366. The van der Waals surface area contributed by atoms with E-state index in [0.29, 0.717) is 5.02 Å². The standard InChI is InChI=1S/C15H21ClN4/c1-17-14(12-7-5-4-6-8-12)15-13(16)11-18-20(15)10-9-19(2)3/h4-8,11,14,17H,9-10H2,1-3H3. The van der Waals surface area contributed by atoms with Crippen molar-refractivity contribution in [1.29, 1.82) is 0 Å². The summed E-state index contributed by atoms with van der Waals surface area (Å²) < 4.78 is 1.98. The fourth-order valence-electron chi connectivity index (χ4n) is 2.24. The second kappa shape index (κ2) is 6.88. The van der Waals surface area contributed by atoms with E-state index in [1.807, 2.05) is 29.9 Å². The molecule has 1 atom stereocenters. The molecule has 0 aliphatic carbocycles. The Labute approximate surface area is 125 Å². The molecule has 4 nitrogen and oxygen atoms in total. The Balaban J connectivity index is 2.32. The molecule has 1 unspecified atom stereocenters. The van der Waals surface area contributed by atoms with Gasteiger partial charge < -0.3 is 10.2 Å². The molecule has 0 spiro atoms. The molecular formula is C15H21ClN4. The highest BCUT2D eigenvalue weighted by molar-refractivity contribution is 6.31. The molecule has 0 bridgehead atoms. The van der Waals surface area contributed by atoms with Crippen LogP contribution in [0.15, 0.2) is 36.5 Å². The summed E-state index contributed by atoms with van der Waals surface area (Å²) in [4.78, 5) is 2.14. The van der Waals surface area contributed by atoms with Gasteiger partial charge in [0, 0.05) is 6.54 Å². The van der Waals surface area contributed by atoms with Gasteiger partial charge in [-0.3, -0.25) is 4.68 Å². The first kappa shape index (κ1) is 15.0. The van der Waals surface area contributed by atoms with Crippen LogP contribution in [-0.4, -0.2) is 42.4 Å². The smallest absolute Gasteiger partial charge is 0.0837 e. The molecule has 0 radical (unpaired) electrons. The fourth-order valence-corrected chi connectivity index (χ4v) is 2.49. The lowest BCUT2D eigenvalue weighted by Crippen LogP contribution is -2.25. The van der Waals surface area contributed by atoms with Gasteiger partial charge in [0.05, 0.1) is 29.5 Å². The third-order valence-corrected chi connectivity index (χ3v) is 3.58. The zero-order valence-electron chi connectivity index (χ0n) is 12.2. The van der Waals surface area contributed by atoms with Gasteiger partial charge in [-0.1, -0.05) is 41.9 Å². The molecule has 108 valence electrons. The van der Waals surface area contributed by atoms with E-state index in [0.717, 1.165) is 18.8 Å². The van der Waals surface area contributed by atoms with Crippen molar-refractivity contribution in [3.05, 3.63) is 52.8 Å². The highest BCUT2D eigenvalue weighted by Crippen LogP contribution is 2.27. The van der Waals surface area contributed by atoms with Gasteiger partial charge >= 0.3 is 0 Å². The highest BCUT2D eigenvalue weighted by Gasteiger charge is 2.20. The first-order valence-corrected chi connectivity index (χ1v) is 7.09. The molecule has 0 fully saturated rings. The van der Waals surface area contributed by atoms with E-state index in [-0.39, 0.29) is 6.04 Å². The number of rotatable bonds is 6. The molecule has 20 heavy (non-hydrogen) atoms. The SMILES string of the molecule is CNC(c1ccccc1)c1c(Cl)cnn1CCN(C)C. The molecule has 2 rings (SSSR count). The van der Waals surface area contributed by atoms with E-state index in [4.69, 9.17) is 11.6 Å². The van der Waals surface area contributed by atoms with Gasteiger partial charge in [0.25, 0.3) is 0 Å². The Morgan fingerprint density at radius 3 is 2.60 bits per heavy atom. The summed E-state index contributed by atoms with van der Waals surface area (Å²) in [6.45, 7) is 1.75. The molecule has 1 aromatic heterocycles. The molecule has 5 heteroatoms. The molecule has 1 N–H and O–H groups in total. The first-order valence-electron chi connectivity index (χ1n) is 6.71. The molecule has 0 amide bonds. The molecule has 1 aromatic carbocycles. The van der Waals surface area contributed by atoms with Gasteiger partial charge in [-0.2, -0.15) is 5.10 Å². The normalized spacial score (nSPS) is 12.8. The summed E-state index contributed by atoms with van der Waals surface area (Å²) in [5, 5.41) is 8.43. The zero-order valence-corrected chi connectivity index (χ0v) is 12.9. The summed E-state index contributed by atoms with van der Waals surface area (Å²) in [6.07, 6.45) is 1.72. The second-order valence-corrected chi connectivity index (χ2v) is 5.44. The number of hydrogen-bond donors (Lipinski definition) is 1. The van der Waals surface area contributed by atoms with E-state index in [9.17, 15) is 0 Å². The minimum atomic E-state index is 0.0494. The minimum Gasteiger partial charge on any atom is -0.308 e.